The summed E-state index contributed by atoms with van der Waals surface area (Å²) >= 11 is 5.77. The Labute approximate surface area is 141 Å². The molecule has 124 valence electrons. The van der Waals surface area contributed by atoms with E-state index in [1.807, 2.05) is 0 Å². The standard InChI is InChI=1S/C15H12ClFN4O3/c1-24-14-6-12-9(5-13(14)21(22)23)15(19-7-18-12)20-8-2-3-11(17)10(16)4-8/h2-7,15,20H,1H3,(H,18,19). The summed E-state index contributed by atoms with van der Waals surface area (Å²) < 4.78 is 18.3. The van der Waals surface area contributed by atoms with Crippen molar-refractivity contribution in [2.45, 2.75) is 6.17 Å². The van der Waals surface area contributed by atoms with E-state index in [0.29, 0.717) is 16.9 Å². The summed E-state index contributed by atoms with van der Waals surface area (Å²) in [6.07, 6.45) is 0.878. The summed E-state index contributed by atoms with van der Waals surface area (Å²) in [6.45, 7) is 0. The molecule has 1 aliphatic rings. The Morgan fingerprint density at radius 2 is 2.21 bits per heavy atom. The number of ether oxygens (including phenoxy) is 1. The Morgan fingerprint density at radius 1 is 1.42 bits per heavy atom. The second-order valence-corrected chi connectivity index (χ2v) is 5.37. The van der Waals surface area contributed by atoms with Crippen LogP contribution in [0.2, 0.25) is 5.02 Å². The first-order valence-electron chi connectivity index (χ1n) is 6.85. The van der Waals surface area contributed by atoms with Gasteiger partial charge in [-0.25, -0.2) is 9.38 Å². The summed E-state index contributed by atoms with van der Waals surface area (Å²) in [5.74, 6) is -0.387. The number of methoxy groups -OCH3 is 1. The number of nitrogens with one attached hydrogen (secondary N) is 2. The van der Waals surface area contributed by atoms with E-state index in [-0.39, 0.29) is 16.5 Å². The molecule has 1 unspecified atom stereocenters. The third-order valence-corrected chi connectivity index (χ3v) is 3.80. The van der Waals surface area contributed by atoms with Crippen molar-refractivity contribution < 1.29 is 14.1 Å². The molecule has 0 radical (unpaired) electrons. The van der Waals surface area contributed by atoms with Crippen LogP contribution in [-0.4, -0.2) is 18.4 Å². The van der Waals surface area contributed by atoms with Gasteiger partial charge in [0.15, 0.2) is 5.75 Å². The molecule has 2 N–H and O–H groups in total. The summed E-state index contributed by atoms with van der Waals surface area (Å²) in [4.78, 5) is 14.9. The zero-order valence-electron chi connectivity index (χ0n) is 12.4. The molecule has 0 aliphatic carbocycles. The number of anilines is 2. The third-order valence-electron chi connectivity index (χ3n) is 3.51. The molecule has 1 atom stereocenters. The first-order chi connectivity index (χ1) is 11.5. The summed E-state index contributed by atoms with van der Waals surface area (Å²) in [5.41, 5.74) is 1.55. The lowest BCUT2D eigenvalue weighted by molar-refractivity contribution is -0.385. The zero-order valence-corrected chi connectivity index (χ0v) is 13.2. The Hall–Kier alpha value is -2.87. The smallest absolute Gasteiger partial charge is 0.311 e. The van der Waals surface area contributed by atoms with Crippen molar-refractivity contribution in [2.75, 3.05) is 17.7 Å². The van der Waals surface area contributed by atoms with Crippen LogP contribution in [-0.2, 0) is 0 Å². The van der Waals surface area contributed by atoms with Gasteiger partial charge in [0.2, 0.25) is 0 Å². The molecule has 0 saturated heterocycles. The van der Waals surface area contributed by atoms with E-state index in [4.69, 9.17) is 16.3 Å². The van der Waals surface area contributed by atoms with Crippen LogP contribution in [0.1, 0.15) is 11.7 Å². The minimum absolute atomic E-state index is 0.0288. The molecule has 24 heavy (non-hydrogen) atoms. The van der Waals surface area contributed by atoms with Crippen LogP contribution in [0.5, 0.6) is 5.75 Å². The van der Waals surface area contributed by atoms with Crippen molar-refractivity contribution in [3.63, 3.8) is 0 Å². The first-order valence-corrected chi connectivity index (χ1v) is 7.23. The Morgan fingerprint density at radius 3 is 2.88 bits per heavy atom. The number of nitrogens with zero attached hydrogens (tertiary/aromatic N) is 2. The molecule has 1 aliphatic heterocycles. The topological polar surface area (TPSA) is 88.8 Å². The van der Waals surface area contributed by atoms with Crippen molar-refractivity contribution in [2.24, 2.45) is 4.99 Å². The van der Waals surface area contributed by atoms with E-state index in [1.165, 1.54) is 43.8 Å². The normalized spacial score (nSPS) is 15.4. The second kappa shape index (κ2) is 6.32. The van der Waals surface area contributed by atoms with Crippen molar-refractivity contribution in [1.82, 2.24) is 0 Å². The highest BCUT2D eigenvalue weighted by molar-refractivity contribution is 6.31. The number of fused-ring (bicyclic) bond motifs is 1. The molecule has 0 bridgehead atoms. The second-order valence-electron chi connectivity index (χ2n) is 4.97. The highest BCUT2D eigenvalue weighted by Gasteiger charge is 2.25. The molecule has 2 aromatic rings. The van der Waals surface area contributed by atoms with E-state index in [2.05, 4.69) is 15.6 Å². The fourth-order valence-electron chi connectivity index (χ4n) is 2.36. The lowest BCUT2D eigenvalue weighted by atomic mass is 10.1. The van der Waals surface area contributed by atoms with E-state index in [9.17, 15) is 14.5 Å². The zero-order chi connectivity index (χ0) is 17.3. The number of nitro benzene ring substituents is 1. The van der Waals surface area contributed by atoms with Gasteiger partial charge in [-0.05, 0) is 18.2 Å². The highest BCUT2D eigenvalue weighted by Crippen LogP contribution is 2.38. The van der Waals surface area contributed by atoms with Crippen LogP contribution in [0.3, 0.4) is 0 Å². The molecule has 0 aromatic heterocycles. The Balaban J connectivity index is 1.98. The SMILES string of the molecule is COc1cc2c(cc1[N+](=O)[O-])C(Nc1ccc(F)c(Cl)c1)N=CN2. The number of hydrogen-bond acceptors (Lipinski definition) is 6. The minimum atomic E-state index is -0.590. The Kier molecular flexibility index (Phi) is 4.22. The van der Waals surface area contributed by atoms with Gasteiger partial charge < -0.3 is 15.4 Å². The summed E-state index contributed by atoms with van der Waals surface area (Å²) in [7, 11) is 1.36. The molecule has 3 rings (SSSR count). The molecule has 1 heterocycles. The number of rotatable bonds is 4. The van der Waals surface area contributed by atoms with E-state index in [0.717, 1.165) is 0 Å². The first kappa shape index (κ1) is 16.0. The van der Waals surface area contributed by atoms with Crippen molar-refractivity contribution in [1.29, 1.82) is 0 Å². The fourth-order valence-corrected chi connectivity index (χ4v) is 2.54. The quantitative estimate of drug-likeness (QED) is 0.643. The maximum Gasteiger partial charge on any atom is 0.311 e. The molecule has 7 nitrogen and oxygen atoms in total. The molecule has 0 amide bonds. The molecular weight excluding hydrogens is 339 g/mol. The maximum atomic E-state index is 13.3. The number of benzene rings is 2. The number of hydrogen-bond donors (Lipinski definition) is 2. The molecule has 0 fully saturated rings. The van der Waals surface area contributed by atoms with Crippen LogP contribution in [0, 0.1) is 15.9 Å². The lowest BCUT2D eigenvalue weighted by Crippen LogP contribution is -2.17. The van der Waals surface area contributed by atoms with Crippen LogP contribution in [0.25, 0.3) is 0 Å². The average molecular weight is 351 g/mol. The van der Waals surface area contributed by atoms with Gasteiger partial charge in [-0.3, -0.25) is 10.1 Å². The molecule has 9 heteroatoms. The molecule has 0 saturated carbocycles. The molecular formula is C15H12ClFN4O3. The van der Waals surface area contributed by atoms with Gasteiger partial charge in [-0.15, -0.1) is 0 Å². The van der Waals surface area contributed by atoms with E-state index in [1.54, 1.807) is 0 Å². The van der Waals surface area contributed by atoms with Gasteiger partial charge in [0, 0.05) is 23.4 Å². The van der Waals surface area contributed by atoms with Crippen LogP contribution >= 0.6 is 11.6 Å². The van der Waals surface area contributed by atoms with Gasteiger partial charge in [0.05, 0.1) is 29.1 Å². The van der Waals surface area contributed by atoms with Gasteiger partial charge in [-0.1, -0.05) is 11.6 Å². The Bertz CT molecular complexity index is 844. The number of halogens is 2. The monoisotopic (exact) mass is 350 g/mol. The van der Waals surface area contributed by atoms with Crippen molar-refractivity contribution in [3.8, 4) is 5.75 Å². The fraction of sp³-hybridized carbons (Fsp3) is 0.133. The van der Waals surface area contributed by atoms with Gasteiger partial charge in [-0.2, -0.15) is 0 Å². The third kappa shape index (κ3) is 2.95. The minimum Gasteiger partial charge on any atom is -0.490 e. The van der Waals surface area contributed by atoms with Gasteiger partial charge in [0.1, 0.15) is 12.0 Å². The predicted octanol–water partition coefficient (Wildman–Crippen LogP) is 3.96. The molecule has 2 aromatic carbocycles. The van der Waals surface area contributed by atoms with Gasteiger partial charge >= 0.3 is 5.69 Å². The summed E-state index contributed by atoms with van der Waals surface area (Å²) in [5, 5.41) is 17.1. The van der Waals surface area contributed by atoms with Crippen LogP contribution in [0.15, 0.2) is 35.3 Å². The van der Waals surface area contributed by atoms with Crippen molar-refractivity contribution in [3.05, 3.63) is 56.8 Å². The van der Waals surface area contributed by atoms with Crippen LogP contribution in [0.4, 0.5) is 21.5 Å². The maximum absolute atomic E-state index is 13.3. The highest BCUT2D eigenvalue weighted by atomic mass is 35.5. The summed E-state index contributed by atoms with van der Waals surface area (Å²) in [6, 6.07) is 7.08. The van der Waals surface area contributed by atoms with E-state index >= 15 is 0 Å². The lowest BCUT2D eigenvalue weighted by Gasteiger charge is -2.23. The predicted molar refractivity (Wildman–Crippen MR) is 89.5 cm³/mol. The largest absolute Gasteiger partial charge is 0.490 e. The average Bonchev–Trinajstić information content (AvgIpc) is 2.57. The number of nitro groups is 1. The van der Waals surface area contributed by atoms with Gasteiger partial charge in [0.25, 0.3) is 0 Å². The van der Waals surface area contributed by atoms with Crippen molar-refractivity contribution >= 4 is 35.0 Å². The van der Waals surface area contributed by atoms with E-state index < -0.39 is 16.9 Å². The number of aliphatic imine (C=N–C) groups is 1. The van der Waals surface area contributed by atoms with Crippen LogP contribution < -0.4 is 15.4 Å². The molecule has 0 spiro atoms.